The Balaban J connectivity index is 2.16. The second-order valence-corrected chi connectivity index (χ2v) is 4.84. The van der Waals surface area contributed by atoms with Crippen molar-refractivity contribution in [1.82, 2.24) is 5.32 Å². The maximum atomic E-state index is 10.7. The molecule has 0 aromatic carbocycles. The normalized spacial score (nSPS) is 19.0. The third-order valence-corrected chi connectivity index (χ3v) is 3.82. The van der Waals surface area contributed by atoms with Gasteiger partial charge >= 0.3 is 5.97 Å². The predicted octanol–water partition coefficient (Wildman–Crippen LogP) is 0.345. The number of carbonyl (C=O) groups is 2. The summed E-state index contributed by atoms with van der Waals surface area (Å²) in [6, 6.07) is -0.776. The van der Waals surface area contributed by atoms with Crippen molar-refractivity contribution in [2.45, 2.75) is 18.9 Å². The predicted molar refractivity (Wildman–Crippen MR) is 61.5 cm³/mol. The number of ether oxygens (including phenoxy) is 1. The Bertz CT molecular complexity index is 231. The van der Waals surface area contributed by atoms with E-state index in [0.717, 1.165) is 31.8 Å². The number of carboxylic acid groups (broad SMARTS) is 1. The van der Waals surface area contributed by atoms with Crippen LogP contribution in [0.3, 0.4) is 0 Å². The quantitative estimate of drug-likeness (QED) is 0.635. The van der Waals surface area contributed by atoms with Gasteiger partial charge in [-0.25, -0.2) is 4.79 Å². The second kappa shape index (κ2) is 7.51. The van der Waals surface area contributed by atoms with Crippen molar-refractivity contribution in [3.63, 3.8) is 0 Å². The molecule has 6 heteroatoms. The molecule has 1 unspecified atom stereocenters. The summed E-state index contributed by atoms with van der Waals surface area (Å²) in [5, 5.41) is 11.1. The molecule has 1 aliphatic rings. The molecule has 0 aliphatic carbocycles. The van der Waals surface area contributed by atoms with Gasteiger partial charge in [0.1, 0.15) is 6.04 Å². The van der Waals surface area contributed by atoms with Crippen LogP contribution in [0, 0.1) is 5.92 Å². The van der Waals surface area contributed by atoms with E-state index in [4.69, 9.17) is 9.84 Å². The fraction of sp³-hybridized carbons (Fsp3) is 0.800. The van der Waals surface area contributed by atoms with Gasteiger partial charge in [0.25, 0.3) is 0 Å². The Morgan fingerprint density at radius 1 is 1.56 bits per heavy atom. The molecule has 1 rings (SSSR count). The Hall–Kier alpha value is -0.750. The van der Waals surface area contributed by atoms with Gasteiger partial charge in [-0.05, 0) is 24.5 Å². The minimum absolute atomic E-state index is 0.422. The Morgan fingerprint density at radius 3 is 2.81 bits per heavy atom. The van der Waals surface area contributed by atoms with Crippen LogP contribution in [0.1, 0.15) is 12.8 Å². The molecule has 1 saturated heterocycles. The van der Waals surface area contributed by atoms with Gasteiger partial charge in [0.2, 0.25) is 6.41 Å². The molecule has 92 valence electrons. The summed E-state index contributed by atoms with van der Waals surface area (Å²) in [5.74, 6) is 0.995. The van der Waals surface area contributed by atoms with Gasteiger partial charge < -0.3 is 15.2 Å². The number of nitrogens with one attached hydrogen (secondary N) is 1. The molecule has 0 aromatic heterocycles. The Labute approximate surface area is 98.9 Å². The molecule has 0 radical (unpaired) electrons. The zero-order chi connectivity index (χ0) is 11.8. The highest BCUT2D eigenvalue weighted by molar-refractivity contribution is 7.99. The Morgan fingerprint density at radius 2 is 2.25 bits per heavy atom. The number of hydrogen-bond donors (Lipinski definition) is 2. The standard InChI is InChI=1S/C10H17NO4S/c12-7-11-9(10(13)14)6-16-5-8-1-3-15-4-2-8/h7-9H,1-6H2,(H,11,12)(H,13,14). The van der Waals surface area contributed by atoms with Gasteiger partial charge in [-0.1, -0.05) is 0 Å². The van der Waals surface area contributed by atoms with Crippen molar-refractivity contribution in [3.05, 3.63) is 0 Å². The number of aliphatic carboxylic acids is 1. The summed E-state index contributed by atoms with van der Waals surface area (Å²) in [4.78, 5) is 20.9. The first kappa shape index (κ1) is 13.3. The summed E-state index contributed by atoms with van der Waals surface area (Å²) >= 11 is 1.58. The lowest BCUT2D eigenvalue weighted by molar-refractivity contribution is -0.139. The number of amides is 1. The van der Waals surface area contributed by atoms with Gasteiger partial charge in [0.05, 0.1) is 0 Å². The molecule has 1 aliphatic heterocycles. The zero-order valence-corrected chi connectivity index (χ0v) is 9.87. The zero-order valence-electron chi connectivity index (χ0n) is 9.05. The van der Waals surface area contributed by atoms with Crippen LogP contribution in [0.2, 0.25) is 0 Å². The minimum Gasteiger partial charge on any atom is -0.480 e. The molecular weight excluding hydrogens is 230 g/mol. The van der Waals surface area contributed by atoms with Crippen molar-refractivity contribution in [2.24, 2.45) is 5.92 Å². The lowest BCUT2D eigenvalue weighted by Gasteiger charge is -2.22. The maximum absolute atomic E-state index is 10.7. The second-order valence-electron chi connectivity index (χ2n) is 3.77. The van der Waals surface area contributed by atoms with Crippen LogP contribution in [0.4, 0.5) is 0 Å². The van der Waals surface area contributed by atoms with Crippen molar-refractivity contribution in [2.75, 3.05) is 24.7 Å². The SMILES string of the molecule is O=CNC(CSCC1CCOCC1)C(=O)O. The van der Waals surface area contributed by atoms with Crippen LogP contribution in [-0.2, 0) is 14.3 Å². The molecule has 0 saturated carbocycles. The smallest absolute Gasteiger partial charge is 0.327 e. The minimum atomic E-state index is -0.980. The van der Waals surface area contributed by atoms with Crippen molar-refractivity contribution in [3.8, 4) is 0 Å². The highest BCUT2D eigenvalue weighted by atomic mass is 32.2. The van der Waals surface area contributed by atoms with Gasteiger partial charge in [-0.3, -0.25) is 4.79 Å². The van der Waals surface area contributed by atoms with E-state index in [1.807, 2.05) is 0 Å². The molecule has 0 bridgehead atoms. The van der Waals surface area contributed by atoms with Crippen LogP contribution in [-0.4, -0.2) is 48.2 Å². The summed E-state index contributed by atoms with van der Waals surface area (Å²) < 4.78 is 5.24. The van der Waals surface area contributed by atoms with Gasteiger partial charge in [0, 0.05) is 19.0 Å². The van der Waals surface area contributed by atoms with Crippen molar-refractivity contribution < 1.29 is 19.4 Å². The first-order valence-corrected chi connectivity index (χ1v) is 6.47. The summed E-state index contributed by atoms with van der Waals surface area (Å²) in [5.41, 5.74) is 0. The molecule has 2 N–H and O–H groups in total. The molecule has 16 heavy (non-hydrogen) atoms. The van der Waals surface area contributed by atoms with E-state index in [1.54, 1.807) is 11.8 Å². The van der Waals surface area contributed by atoms with Crippen LogP contribution in [0.15, 0.2) is 0 Å². The van der Waals surface area contributed by atoms with Crippen LogP contribution < -0.4 is 5.32 Å². The number of carbonyl (C=O) groups excluding carboxylic acids is 1. The maximum Gasteiger partial charge on any atom is 0.327 e. The van der Waals surface area contributed by atoms with E-state index in [2.05, 4.69) is 5.32 Å². The lowest BCUT2D eigenvalue weighted by Crippen LogP contribution is -2.38. The third-order valence-electron chi connectivity index (χ3n) is 2.55. The summed E-state index contributed by atoms with van der Waals surface area (Å²) in [6.45, 7) is 1.61. The number of hydrogen-bond acceptors (Lipinski definition) is 4. The van der Waals surface area contributed by atoms with Crippen LogP contribution in [0.5, 0.6) is 0 Å². The average Bonchev–Trinajstić information content (AvgIpc) is 2.29. The number of carboxylic acids is 1. The van der Waals surface area contributed by atoms with E-state index in [-0.39, 0.29) is 0 Å². The van der Waals surface area contributed by atoms with Crippen molar-refractivity contribution >= 4 is 24.1 Å². The van der Waals surface area contributed by atoms with Gasteiger partial charge in [-0.15, -0.1) is 0 Å². The van der Waals surface area contributed by atoms with E-state index in [1.165, 1.54) is 0 Å². The number of rotatable bonds is 7. The van der Waals surface area contributed by atoms with E-state index >= 15 is 0 Å². The van der Waals surface area contributed by atoms with Gasteiger partial charge in [0.15, 0.2) is 0 Å². The first-order valence-electron chi connectivity index (χ1n) is 5.32. The molecule has 0 aromatic rings. The number of thioether (sulfide) groups is 1. The van der Waals surface area contributed by atoms with E-state index in [9.17, 15) is 9.59 Å². The van der Waals surface area contributed by atoms with E-state index < -0.39 is 12.0 Å². The third kappa shape index (κ3) is 4.85. The molecule has 1 fully saturated rings. The summed E-state index contributed by atoms with van der Waals surface area (Å²) in [7, 11) is 0. The van der Waals surface area contributed by atoms with Crippen molar-refractivity contribution in [1.29, 1.82) is 0 Å². The fourth-order valence-electron chi connectivity index (χ4n) is 1.54. The first-order chi connectivity index (χ1) is 7.74. The molecule has 1 heterocycles. The van der Waals surface area contributed by atoms with Gasteiger partial charge in [-0.2, -0.15) is 11.8 Å². The topological polar surface area (TPSA) is 75.6 Å². The molecule has 5 nitrogen and oxygen atoms in total. The van der Waals surface area contributed by atoms with Crippen LogP contribution in [0.25, 0.3) is 0 Å². The molecule has 0 spiro atoms. The molecule has 1 atom stereocenters. The molecule has 1 amide bonds. The highest BCUT2D eigenvalue weighted by Crippen LogP contribution is 2.20. The largest absolute Gasteiger partial charge is 0.480 e. The fourth-order valence-corrected chi connectivity index (χ4v) is 2.82. The average molecular weight is 247 g/mol. The van der Waals surface area contributed by atoms with Crippen LogP contribution >= 0.6 is 11.8 Å². The summed E-state index contributed by atoms with van der Waals surface area (Å²) in [6.07, 6.45) is 2.53. The monoisotopic (exact) mass is 247 g/mol. The lowest BCUT2D eigenvalue weighted by atomic mass is 10.0. The Kier molecular flexibility index (Phi) is 6.25. The van der Waals surface area contributed by atoms with E-state index in [0.29, 0.717) is 18.1 Å². The molecular formula is C10H17NO4S. The highest BCUT2D eigenvalue weighted by Gasteiger charge is 2.18.